The van der Waals surface area contributed by atoms with Crippen molar-refractivity contribution >= 4 is 0 Å². The van der Waals surface area contributed by atoms with Crippen molar-refractivity contribution in [3.05, 3.63) is 11.9 Å². The highest BCUT2D eigenvalue weighted by atomic mass is 16.5. The molecular weight excluding hydrogens is 206 g/mol. The molecule has 0 saturated carbocycles. The Labute approximate surface area is 95.2 Å². The van der Waals surface area contributed by atoms with Gasteiger partial charge in [-0.25, -0.2) is 0 Å². The lowest BCUT2D eigenvalue weighted by Gasteiger charge is -2.23. The number of piperidine rings is 1. The van der Waals surface area contributed by atoms with Crippen LogP contribution in [0.3, 0.4) is 0 Å². The highest BCUT2D eigenvalue weighted by molar-refractivity contribution is 5.20. The van der Waals surface area contributed by atoms with E-state index in [-0.39, 0.29) is 6.10 Å². The minimum Gasteiger partial charge on any atom is -0.481 e. The van der Waals surface area contributed by atoms with E-state index >= 15 is 0 Å². The van der Waals surface area contributed by atoms with Crippen LogP contribution in [0.2, 0.25) is 0 Å². The Morgan fingerprint density at radius 2 is 2.19 bits per heavy atom. The number of hydrogen-bond acceptors (Lipinski definition) is 5. The van der Waals surface area contributed by atoms with E-state index in [1.165, 1.54) is 0 Å². The lowest BCUT2D eigenvalue weighted by atomic mass is 10.1. The first-order valence-corrected chi connectivity index (χ1v) is 5.55. The van der Waals surface area contributed by atoms with Crippen molar-refractivity contribution in [3.63, 3.8) is 0 Å². The molecule has 1 aromatic rings. The van der Waals surface area contributed by atoms with E-state index in [0.29, 0.717) is 17.6 Å². The average Bonchev–Trinajstić information content (AvgIpc) is 2.29. The molecule has 1 fully saturated rings. The second-order valence-corrected chi connectivity index (χ2v) is 3.88. The first kappa shape index (κ1) is 11.1. The molecule has 0 amide bonds. The van der Waals surface area contributed by atoms with Crippen molar-refractivity contribution < 1.29 is 9.47 Å². The Morgan fingerprint density at radius 3 is 2.88 bits per heavy atom. The normalized spacial score (nSPS) is 20.5. The highest BCUT2D eigenvalue weighted by Gasteiger charge is 2.15. The molecule has 2 heterocycles. The van der Waals surface area contributed by atoms with Gasteiger partial charge in [-0.15, -0.1) is 0 Å². The summed E-state index contributed by atoms with van der Waals surface area (Å²) in [5.41, 5.74) is 0. The Balaban J connectivity index is 2.04. The zero-order valence-electron chi connectivity index (χ0n) is 9.69. The van der Waals surface area contributed by atoms with Gasteiger partial charge in [-0.05, 0) is 26.3 Å². The number of ether oxygens (including phenoxy) is 2. The van der Waals surface area contributed by atoms with E-state index in [4.69, 9.17) is 9.47 Å². The maximum atomic E-state index is 5.78. The third-order valence-corrected chi connectivity index (χ3v) is 2.54. The van der Waals surface area contributed by atoms with Gasteiger partial charge in [0.15, 0.2) is 0 Å². The van der Waals surface area contributed by atoms with Gasteiger partial charge in [-0.1, -0.05) is 0 Å². The van der Waals surface area contributed by atoms with E-state index in [9.17, 15) is 0 Å². The van der Waals surface area contributed by atoms with Gasteiger partial charge in [0, 0.05) is 6.54 Å². The summed E-state index contributed by atoms with van der Waals surface area (Å²) in [6.45, 7) is 3.78. The van der Waals surface area contributed by atoms with Crippen molar-refractivity contribution in [1.82, 2.24) is 15.3 Å². The van der Waals surface area contributed by atoms with Crippen LogP contribution in [0, 0.1) is 6.92 Å². The van der Waals surface area contributed by atoms with Crippen molar-refractivity contribution in [2.24, 2.45) is 0 Å². The average molecular weight is 223 g/mol. The first-order chi connectivity index (χ1) is 7.78. The van der Waals surface area contributed by atoms with Gasteiger partial charge in [-0.3, -0.25) is 0 Å². The van der Waals surface area contributed by atoms with Crippen LogP contribution in [-0.2, 0) is 0 Å². The molecule has 1 N–H and O–H groups in total. The van der Waals surface area contributed by atoms with Crippen LogP contribution in [0.5, 0.6) is 11.8 Å². The molecule has 0 aromatic carbocycles. The second kappa shape index (κ2) is 5.12. The van der Waals surface area contributed by atoms with Crippen molar-refractivity contribution in [2.45, 2.75) is 25.9 Å². The Hall–Kier alpha value is -1.36. The molecule has 2 rings (SSSR count). The van der Waals surface area contributed by atoms with Crippen LogP contribution in [0.15, 0.2) is 6.07 Å². The van der Waals surface area contributed by atoms with E-state index < -0.39 is 0 Å². The summed E-state index contributed by atoms with van der Waals surface area (Å²) < 4.78 is 10.9. The minimum atomic E-state index is 0.202. The SMILES string of the molecule is COc1cc(O[C@H]2CCCNC2)nc(C)n1. The molecule has 0 bridgehead atoms. The van der Waals surface area contributed by atoms with E-state index in [1.54, 1.807) is 13.2 Å². The Bertz CT molecular complexity index is 351. The molecule has 0 aliphatic carbocycles. The van der Waals surface area contributed by atoms with Crippen LogP contribution in [0.1, 0.15) is 18.7 Å². The molecule has 0 radical (unpaired) electrons. The topological polar surface area (TPSA) is 56.3 Å². The number of rotatable bonds is 3. The van der Waals surface area contributed by atoms with E-state index in [2.05, 4.69) is 15.3 Å². The number of aromatic nitrogens is 2. The largest absolute Gasteiger partial charge is 0.481 e. The Kier molecular flexibility index (Phi) is 3.56. The molecule has 1 saturated heterocycles. The lowest BCUT2D eigenvalue weighted by molar-refractivity contribution is 0.159. The zero-order valence-corrected chi connectivity index (χ0v) is 9.69. The summed E-state index contributed by atoms with van der Waals surface area (Å²) in [6, 6.07) is 1.72. The maximum absolute atomic E-state index is 5.78. The van der Waals surface area contributed by atoms with Gasteiger partial charge < -0.3 is 14.8 Å². The van der Waals surface area contributed by atoms with Gasteiger partial charge in [0.25, 0.3) is 0 Å². The molecule has 1 aliphatic rings. The standard InChI is InChI=1S/C11H17N3O2/c1-8-13-10(15-2)6-11(14-8)16-9-4-3-5-12-7-9/h6,9,12H,3-5,7H2,1-2H3/t9-/m0/s1. The van der Waals surface area contributed by atoms with Crippen LogP contribution >= 0.6 is 0 Å². The van der Waals surface area contributed by atoms with Gasteiger partial charge in [0.05, 0.1) is 13.2 Å². The third kappa shape index (κ3) is 2.82. The first-order valence-electron chi connectivity index (χ1n) is 5.55. The number of methoxy groups -OCH3 is 1. The smallest absolute Gasteiger partial charge is 0.220 e. The van der Waals surface area contributed by atoms with Gasteiger partial charge in [0.2, 0.25) is 11.8 Å². The molecule has 1 aromatic heterocycles. The third-order valence-electron chi connectivity index (χ3n) is 2.54. The number of aryl methyl sites for hydroxylation is 1. The number of hydrogen-bond donors (Lipinski definition) is 1. The fourth-order valence-corrected chi connectivity index (χ4v) is 1.77. The maximum Gasteiger partial charge on any atom is 0.220 e. The highest BCUT2D eigenvalue weighted by Crippen LogP contribution is 2.18. The van der Waals surface area contributed by atoms with Crippen LogP contribution in [0.4, 0.5) is 0 Å². The van der Waals surface area contributed by atoms with Gasteiger partial charge >= 0.3 is 0 Å². The minimum absolute atomic E-state index is 0.202. The van der Waals surface area contributed by atoms with Gasteiger partial charge in [0.1, 0.15) is 11.9 Å². The van der Waals surface area contributed by atoms with Crippen LogP contribution < -0.4 is 14.8 Å². The molecule has 1 atom stereocenters. The van der Waals surface area contributed by atoms with Crippen molar-refractivity contribution in [3.8, 4) is 11.8 Å². The molecule has 5 nitrogen and oxygen atoms in total. The number of nitrogens with zero attached hydrogens (tertiary/aromatic N) is 2. The predicted octanol–water partition coefficient (Wildman–Crippen LogP) is 0.924. The van der Waals surface area contributed by atoms with Crippen molar-refractivity contribution in [1.29, 1.82) is 0 Å². The molecule has 88 valence electrons. The fourth-order valence-electron chi connectivity index (χ4n) is 1.77. The van der Waals surface area contributed by atoms with Crippen LogP contribution in [-0.4, -0.2) is 36.3 Å². The zero-order chi connectivity index (χ0) is 11.4. The molecule has 1 aliphatic heterocycles. The summed E-state index contributed by atoms with van der Waals surface area (Å²) in [4.78, 5) is 8.35. The molecule has 5 heteroatoms. The molecule has 0 spiro atoms. The summed E-state index contributed by atoms with van der Waals surface area (Å²) in [5, 5.41) is 3.30. The molecule has 16 heavy (non-hydrogen) atoms. The van der Waals surface area contributed by atoms with Crippen LogP contribution in [0.25, 0.3) is 0 Å². The summed E-state index contributed by atoms with van der Waals surface area (Å²) >= 11 is 0. The number of nitrogens with one attached hydrogen (secondary N) is 1. The summed E-state index contributed by atoms with van der Waals surface area (Å²) in [6.07, 6.45) is 2.41. The molecular formula is C11H17N3O2. The van der Waals surface area contributed by atoms with E-state index in [1.807, 2.05) is 6.92 Å². The Morgan fingerprint density at radius 1 is 1.38 bits per heavy atom. The van der Waals surface area contributed by atoms with E-state index in [0.717, 1.165) is 25.9 Å². The summed E-state index contributed by atoms with van der Waals surface area (Å²) in [7, 11) is 1.59. The molecule has 0 unspecified atom stereocenters. The monoisotopic (exact) mass is 223 g/mol. The van der Waals surface area contributed by atoms with Gasteiger partial charge in [-0.2, -0.15) is 9.97 Å². The second-order valence-electron chi connectivity index (χ2n) is 3.88. The van der Waals surface area contributed by atoms with Crippen molar-refractivity contribution in [2.75, 3.05) is 20.2 Å². The lowest BCUT2D eigenvalue weighted by Crippen LogP contribution is -2.37. The quantitative estimate of drug-likeness (QED) is 0.826. The fraction of sp³-hybridized carbons (Fsp3) is 0.636. The summed E-state index contributed by atoms with van der Waals surface area (Å²) in [5.74, 6) is 1.81. The predicted molar refractivity (Wildman–Crippen MR) is 59.8 cm³/mol.